The van der Waals surface area contributed by atoms with Gasteiger partial charge in [-0.05, 0) is 29.5 Å². The van der Waals surface area contributed by atoms with Gasteiger partial charge in [0.2, 0.25) is 0 Å². The molecule has 2 N–H and O–H groups in total. The molecule has 0 saturated heterocycles. The van der Waals surface area contributed by atoms with Gasteiger partial charge >= 0.3 is 11.7 Å². The lowest BCUT2D eigenvalue weighted by Gasteiger charge is -2.14. The largest absolute Gasteiger partial charge is 0.479 e. The van der Waals surface area contributed by atoms with Crippen LogP contribution in [0.3, 0.4) is 0 Å². The molecule has 0 radical (unpaired) electrons. The molecule has 4 heteroatoms. The molecule has 0 unspecified atom stereocenters. The van der Waals surface area contributed by atoms with E-state index in [1.807, 2.05) is 12.1 Å². The van der Waals surface area contributed by atoms with Crippen LogP contribution >= 0.6 is 0 Å². The molecule has 1 heterocycles. The molecule has 4 nitrogen and oxygen atoms in total. The Labute approximate surface area is 104 Å². The van der Waals surface area contributed by atoms with E-state index < -0.39 is 5.76 Å². The van der Waals surface area contributed by atoms with Crippen molar-refractivity contribution in [3.63, 3.8) is 0 Å². The monoisotopic (exact) mass is 243 g/mol. The molecule has 0 saturated carbocycles. The summed E-state index contributed by atoms with van der Waals surface area (Å²) in [6.45, 7) is 0. The minimum absolute atomic E-state index is 0.316. The summed E-state index contributed by atoms with van der Waals surface area (Å²) in [7, 11) is 0. The Morgan fingerprint density at radius 1 is 1.39 bits per heavy atom. The van der Waals surface area contributed by atoms with Crippen molar-refractivity contribution in [1.29, 1.82) is 0 Å². The Hall–Kier alpha value is -2.23. The second-order valence-electron chi connectivity index (χ2n) is 4.40. The van der Waals surface area contributed by atoms with Crippen molar-refractivity contribution in [2.75, 3.05) is 0 Å². The minimum atomic E-state index is -0.618. The van der Waals surface area contributed by atoms with Crippen molar-refractivity contribution in [2.24, 2.45) is 0 Å². The van der Waals surface area contributed by atoms with E-state index in [1.165, 1.54) is 11.1 Å². The summed E-state index contributed by atoms with van der Waals surface area (Å²) in [4.78, 5) is 13.5. The molecule has 1 aliphatic carbocycles. The molecule has 0 fully saturated rings. The number of allylic oxidation sites excluding steroid dienone is 1. The molecule has 18 heavy (non-hydrogen) atoms. The van der Waals surface area contributed by atoms with Crippen molar-refractivity contribution in [3.8, 4) is 5.95 Å². The summed E-state index contributed by atoms with van der Waals surface area (Å²) < 4.78 is 4.56. The Morgan fingerprint density at radius 3 is 3.06 bits per heavy atom. The van der Waals surface area contributed by atoms with Crippen molar-refractivity contribution < 1.29 is 9.52 Å². The number of hydrogen-bond acceptors (Lipinski definition) is 3. The lowest BCUT2D eigenvalue weighted by atomic mass is 9.91. The molecule has 0 bridgehead atoms. The predicted octanol–water partition coefficient (Wildman–Crippen LogP) is 2.22. The van der Waals surface area contributed by atoms with Gasteiger partial charge in [0.25, 0.3) is 0 Å². The molecule has 1 aliphatic rings. The first-order chi connectivity index (χ1) is 8.74. The van der Waals surface area contributed by atoms with Gasteiger partial charge < -0.3 is 9.52 Å². The fraction of sp³-hybridized carbons (Fsp3) is 0.214. The molecular weight excluding hydrogens is 230 g/mol. The number of aromatic amines is 1. The van der Waals surface area contributed by atoms with Crippen LogP contribution in [0.5, 0.6) is 5.95 Å². The fourth-order valence-corrected chi connectivity index (χ4v) is 2.38. The molecule has 3 rings (SSSR count). The molecule has 92 valence electrons. The maximum atomic E-state index is 11.0. The zero-order valence-electron chi connectivity index (χ0n) is 9.77. The van der Waals surface area contributed by atoms with Crippen LogP contribution in [0.2, 0.25) is 0 Å². The van der Waals surface area contributed by atoms with Gasteiger partial charge in [0, 0.05) is 6.42 Å². The van der Waals surface area contributed by atoms with Crippen LogP contribution in [-0.4, -0.2) is 10.1 Å². The average Bonchev–Trinajstić information content (AvgIpc) is 2.68. The van der Waals surface area contributed by atoms with Gasteiger partial charge in [-0.25, -0.2) is 4.79 Å². The summed E-state index contributed by atoms with van der Waals surface area (Å²) in [5, 5.41) is 9.48. The predicted molar refractivity (Wildman–Crippen MR) is 67.6 cm³/mol. The van der Waals surface area contributed by atoms with Crippen LogP contribution in [0.4, 0.5) is 0 Å². The molecule has 0 aliphatic heterocycles. The topological polar surface area (TPSA) is 66.2 Å². The highest BCUT2D eigenvalue weighted by Gasteiger charge is 2.14. The van der Waals surface area contributed by atoms with E-state index in [2.05, 4.69) is 27.6 Å². The maximum Gasteiger partial charge on any atom is 0.419 e. The Morgan fingerprint density at radius 2 is 2.28 bits per heavy atom. The van der Waals surface area contributed by atoms with E-state index in [-0.39, 0.29) is 5.95 Å². The lowest BCUT2D eigenvalue weighted by molar-refractivity contribution is 0.316. The number of aromatic nitrogens is 1. The smallest absolute Gasteiger partial charge is 0.419 e. The number of H-pyrrole nitrogens is 1. The van der Waals surface area contributed by atoms with Crippen molar-refractivity contribution in [3.05, 3.63) is 57.2 Å². The normalized spacial score (nSPS) is 13.6. The van der Waals surface area contributed by atoms with Gasteiger partial charge in [-0.15, -0.1) is 0 Å². The van der Waals surface area contributed by atoms with Gasteiger partial charge in [-0.1, -0.05) is 30.4 Å². The van der Waals surface area contributed by atoms with Crippen molar-refractivity contribution in [1.82, 2.24) is 4.98 Å². The zero-order valence-corrected chi connectivity index (χ0v) is 9.77. The number of oxazole rings is 1. The standard InChI is InChI=1S/C14H13NO3/c16-13-12(15-14(17)18-13)8-10-6-3-5-9-4-1-2-7-11(9)10/h1,3-6,16H,2,7-8H2,(H,15,17). The molecule has 1 aromatic heterocycles. The van der Waals surface area contributed by atoms with E-state index in [9.17, 15) is 9.90 Å². The van der Waals surface area contributed by atoms with Gasteiger partial charge in [0.1, 0.15) is 5.69 Å². The molecular formula is C14H13NO3. The summed E-state index contributed by atoms with van der Waals surface area (Å²) >= 11 is 0. The Bertz CT molecular complexity index is 664. The third-order valence-corrected chi connectivity index (χ3v) is 3.24. The van der Waals surface area contributed by atoms with Crippen molar-refractivity contribution in [2.45, 2.75) is 19.3 Å². The first-order valence-electron chi connectivity index (χ1n) is 5.92. The lowest BCUT2D eigenvalue weighted by Crippen LogP contribution is -2.03. The number of rotatable bonds is 2. The van der Waals surface area contributed by atoms with Crippen LogP contribution in [0.1, 0.15) is 28.8 Å². The highest BCUT2D eigenvalue weighted by atomic mass is 16.5. The zero-order chi connectivity index (χ0) is 12.5. The van der Waals surface area contributed by atoms with Crippen LogP contribution in [0, 0.1) is 0 Å². The first kappa shape index (κ1) is 10.9. The second-order valence-corrected chi connectivity index (χ2v) is 4.40. The van der Waals surface area contributed by atoms with E-state index >= 15 is 0 Å². The highest BCUT2D eigenvalue weighted by molar-refractivity contribution is 5.58. The van der Waals surface area contributed by atoms with Crippen molar-refractivity contribution >= 4 is 6.08 Å². The van der Waals surface area contributed by atoms with Gasteiger partial charge in [0.05, 0.1) is 0 Å². The average molecular weight is 243 g/mol. The molecule has 2 aromatic rings. The van der Waals surface area contributed by atoms with Crippen LogP contribution < -0.4 is 5.76 Å². The third kappa shape index (κ3) is 1.86. The van der Waals surface area contributed by atoms with Gasteiger partial charge in [-0.2, -0.15) is 0 Å². The number of nitrogens with one attached hydrogen (secondary N) is 1. The van der Waals surface area contributed by atoms with Crippen LogP contribution in [0.15, 0.2) is 33.5 Å². The number of fused-ring (bicyclic) bond motifs is 1. The van der Waals surface area contributed by atoms with Crippen LogP contribution in [-0.2, 0) is 12.8 Å². The van der Waals surface area contributed by atoms with E-state index in [0.717, 1.165) is 18.4 Å². The number of hydrogen-bond donors (Lipinski definition) is 2. The molecule has 0 atom stereocenters. The first-order valence-corrected chi connectivity index (χ1v) is 5.92. The van der Waals surface area contributed by atoms with E-state index in [0.29, 0.717) is 12.1 Å². The quantitative estimate of drug-likeness (QED) is 0.849. The Balaban J connectivity index is 2.01. The number of benzene rings is 1. The number of aromatic hydroxyl groups is 1. The minimum Gasteiger partial charge on any atom is -0.479 e. The van der Waals surface area contributed by atoms with Gasteiger partial charge in [-0.3, -0.25) is 4.98 Å². The summed E-state index contributed by atoms with van der Waals surface area (Å²) in [6, 6.07) is 6.08. The molecule has 0 spiro atoms. The summed E-state index contributed by atoms with van der Waals surface area (Å²) in [5.74, 6) is -0.934. The summed E-state index contributed by atoms with van der Waals surface area (Å²) in [6.07, 6.45) is 6.76. The van der Waals surface area contributed by atoms with E-state index in [1.54, 1.807) is 0 Å². The summed E-state index contributed by atoms with van der Waals surface area (Å²) in [5.41, 5.74) is 4.04. The van der Waals surface area contributed by atoms with Crippen LogP contribution in [0.25, 0.3) is 6.08 Å². The maximum absolute atomic E-state index is 11.0. The van der Waals surface area contributed by atoms with Gasteiger partial charge in [0.15, 0.2) is 0 Å². The molecule has 1 aromatic carbocycles. The third-order valence-electron chi connectivity index (χ3n) is 3.24. The second kappa shape index (κ2) is 4.22. The Kier molecular flexibility index (Phi) is 2.55. The SMILES string of the molecule is O=c1[nH]c(Cc2cccc3c2CCC=C3)c(O)o1. The molecule has 0 amide bonds. The highest BCUT2D eigenvalue weighted by Crippen LogP contribution is 2.26. The fourth-order valence-electron chi connectivity index (χ4n) is 2.38. The van der Waals surface area contributed by atoms with E-state index in [4.69, 9.17) is 0 Å².